The van der Waals surface area contributed by atoms with Gasteiger partial charge in [-0.1, -0.05) is 6.58 Å². The zero-order chi connectivity index (χ0) is 23.8. The van der Waals surface area contributed by atoms with Crippen LogP contribution in [0.1, 0.15) is 32.0 Å². The number of nitrogens with zero attached hydrogens (tertiary/aromatic N) is 5. The maximum absolute atomic E-state index is 13.0. The summed E-state index contributed by atoms with van der Waals surface area (Å²) in [5.74, 6) is 0.408. The zero-order valence-electron chi connectivity index (χ0n) is 18.1. The Balaban J connectivity index is 1.67. The number of nitrogens with one attached hydrogen (secondary N) is 1. The summed E-state index contributed by atoms with van der Waals surface area (Å²) in [6.45, 7) is 8.49. The highest BCUT2D eigenvalue weighted by molar-refractivity contribution is 5.88. The fourth-order valence-corrected chi connectivity index (χ4v) is 3.75. The van der Waals surface area contributed by atoms with E-state index in [9.17, 15) is 18.0 Å². The van der Waals surface area contributed by atoms with Gasteiger partial charge < -0.3 is 19.5 Å². The van der Waals surface area contributed by atoms with E-state index in [1.54, 1.807) is 11.0 Å². The molecule has 0 radical (unpaired) electrons. The largest absolute Gasteiger partial charge is 0.472 e. The van der Waals surface area contributed by atoms with Crippen molar-refractivity contribution >= 4 is 28.4 Å². The van der Waals surface area contributed by atoms with Crippen LogP contribution in [0.2, 0.25) is 0 Å². The Morgan fingerprint density at radius 1 is 1.30 bits per heavy atom. The van der Waals surface area contributed by atoms with Crippen molar-refractivity contribution in [3.8, 4) is 5.88 Å². The number of aromatic nitrogens is 4. The molecular formula is C22H23F3N6O2. The molecule has 4 rings (SSSR count). The average Bonchev–Trinajstić information content (AvgIpc) is 3.40. The molecule has 0 bridgehead atoms. The molecule has 0 aromatic carbocycles. The van der Waals surface area contributed by atoms with E-state index in [2.05, 4.69) is 26.8 Å². The minimum absolute atomic E-state index is 0.0404. The number of hydrogen-bond donors (Lipinski definition) is 1. The van der Waals surface area contributed by atoms with E-state index in [1.165, 1.54) is 6.08 Å². The number of ether oxygens (including phenoxy) is 1. The second-order valence-electron chi connectivity index (χ2n) is 7.99. The predicted octanol–water partition coefficient (Wildman–Crippen LogP) is 4.34. The smallest absolute Gasteiger partial charge is 0.433 e. The number of carbonyl (C=O) groups excluding carboxylic acids is 1. The van der Waals surface area contributed by atoms with Crippen LogP contribution < -0.4 is 10.1 Å². The summed E-state index contributed by atoms with van der Waals surface area (Å²) < 4.78 is 47.3. The maximum atomic E-state index is 13.0. The Kier molecular flexibility index (Phi) is 5.96. The number of carbonyl (C=O) groups is 1. The average molecular weight is 460 g/mol. The Bertz CT molecular complexity index is 1190. The number of hydrogen-bond acceptors (Lipinski definition) is 6. The maximum Gasteiger partial charge on any atom is 0.433 e. The van der Waals surface area contributed by atoms with E-state index in [0.29, 0.717) is 25.4 Å². The number of pyridine rings is 1. The summed E-state index contributed by atoms with van der Waals surface area (Å²) in [5, 5.41) is 3.60. The Morgan fingerprint density at radius 2 is 2.09 bits per heavy atom. The first kappa shape index (κ1) is 22.6. The minimum atomic E-state index is -4.59. The quantitative estimate of drug-likeness (QED) is 0.551. The predicted molar refractivity (Wildman–Crippen MR) is 116 cm³/mol. The highest BCUT2D eigenvalue weighted by Gasteiger charge is 2.33. The molecule has 1 saturated heterocycles. The monoisotopic (exact) mass is 460 g/mol. The zero-order valence-corrected chi connectivity index (χ0v) is 18.1. The van der Waals surface area contributed by atoms with Crippen LogP contribution in [0.5, 0.6) is 5.88 Å². The highest BCUT2D eigenvalue weighted by atomic mass is 19.4. The van der Waals surface area contributed by atoms with Crippen LogP contribution in [-0.2, 0) is 11.0 Å². The van der Waals surface area contributed by atoms with Gasteiger partial charge in [0.2, 0.25) is 11.8 Å². The number of halogens is 3. The lowest BCUT2D eigenvalue weighted by Crippen LogP contribution is -2.29. The third-order valence-electron chi connectivity index (χ3n) is 5.36. The minimum Gasteiger partial charge on any atom is -0.472 e. The number of fused-ring (bicyclic) bond motifs is 1. The third-order valence-corrected chi connectivity index (χ3v) is 5.36. The summed E-state index contributed by atoms with van der Waals surface area (Å²) >= 11 is 0. The molecule has 8 nitrogen and oxygen atoms in total. The van der Waals surface area contributed by atoms with Gasteiger partial charge in [-0.3, -0.25) is 4.79 Å². The van der Waals surface area contributed by atoms with Gasteiger partial charge in [0.15, 0.2) is 0 Å². The normalized spacial score (nSPS) is 16.4. The van der Waals surface area contributed by atoms with Crippen molar-refractivity contribution in [3.05, 3.63) is 49.1 Å². The van der Waals surface area contributed by atoms with Gasteiger partial charge in [0.25, 0.3) is 0 Å². The molecule has 4 heterocycles. The lowest BCUT2D eigenvalue weighted by atomic mass is 10.2. The van der Waals surface area contributed by atoms with Gasteiger partial charge in [-0.15, -0.1) is 0 Å². The van der Waals surface area contributed by atoms with Crippen molar-refractivity contribution in [2.24, 2.45) is 0 Å². The van der Waals surface area contributed by atoms with E-state index >= 15 is 0 Å². The molecule has 33 heavy (non-hydrogen) atoms. The first-order valence-corrected chi connectivity index (χ1v) is 10.4. The van der Waals surface area contributed by atoms with Crippen molar-refractivity contribution in [1.82, 2.24) is 24.4 Å². The number of alkyl halides is 3. The molecule has 0 aliphatic carbocycles. The SMILES string of the molecule is C=CC(=O)N1CCC(Oc2nc(Nc3cc(C(F)(F)F)ncn3)cc3c2ccn3C(C)C)C1. The number of rotatable bonds is 6. The Labute approximate surface area is 188 Å². The molecule has 1 atom stereocenters. The van der Waals surface area contributed by atoms with Gasteiger partial charge in [-0.25, -0.2) is 9.97 Å². The molecule has 0 spiro atoms. The van der Waals surface area contributed by atoms with Crippen molar-refractivity contribution in [2.75, 3.05) is 18.4 Å². The van der Waals surface area contributed by atoms with E-state index < -0.39 is 11.9 Å². The molecule has 1 aliphatic rings. The first-order valence-electron chi connectivity index (χ1n) is 10.4. The van der Waals surface area contributed by atoms with E-state index in [-0.39, 0.29) is 29.7 Å². The van der Waals surface area contributed by atoms with Crippen molar-refractivity contribution in [2.45, 2.75) is 38.6 Å². The molecule has 174 valence electrons. The first-order chi connectivity index (χ1) is 15.7. The van der Waals surface area contributed by atoms with Gasteiger partial charge in [0.05, 0.1) is 17.4 Å². The standard InChI is InChI=1S/C22H23F3N6O2/c1-4-20(32)30-7-5-14(11-30)33-21-15-6-8-31(13(2)3)16(15)9-19(29-21)28-18-10-17(22(23,24)25)26-12-27-18/h4,6,8-10,12-14H,1,5,7,11H2,2-3H3,(H,26,27,28,29). The summed E-state index contributed by atoms with van der Waals surface area (Å²) in [6, 6.07) is 4.58. The van der Waals surface area contributed by atoms with E-state index in [1.807, 2.05) is 30.7 Å². The molecule has 1 amide bonds. The second kappa shape index (κ2) is 8.72. The highest BCUT2D eigenvalue weighted by Crippen LogP contribution is 2.33. The van der Waals surface area contributed by atoms with Crippen LogP contribution in [0.15, 0.2) is 43.4 Å². The van der Waals surface area contributed by atoms with Gasteiger partial charge >= 0.3 is 6.18 Å². The fraction of sp³-hybridized carbons (Fsp3) is 0.364. The van der Waals surface area contributed by atoms with Gasteiger partial charge in [0, 0.05) is 37.3 Å². The molecule has 1 unspecified atom stereocenters. The van der Waals surface area contributed by atoms with Crippen LogP contribution in [-0.4, -0.2) is 49.5 Å². The number of amides is 1. The van der Waals surface area contributed by atoms with Crippen molar-refractivity contribution < 1.29 is 22.7 Å². The Morgan fingerprint density at radius 3 is 2.79 bits per heavy atom. The van der Waals surface area contributed by atoms with Crippen molar-refractivity contribution in [3.63, 3.8) is 0 Å². The third kappa shape index (κ3) is 4.76. The molecule has 3 aromatic rings. The molecule has 3 aromatic heterocycles. The van der Waals surface area contributed by atoms with Gasteiger partial charge in [0.1, 0.15) is 29.8 Å². The van der Waals surface area contributed by atoms with Crippen LogP contribution in [0, 0.1) is 0 Å². The summed E-state index contributed by atoms with van der Waals surface area (Å²) in [6.07, 6.45) is -0.202. The molecule has 1 N–H and O–H groups in total. The summed E-state index contributed by atoms with van der Waals surface area (Å²) in [4.78, 5) is 25.2. The molecule has 1 aliphatic heterocycles. The van der Waals surface area contributed by atoms with E-state index in [4.69, 9.17) is 4.74 Å². The fourth-order valence-electron chi connectivity index (χ4n) is 3.75. The van der Waals surface area contributed by atoms with Crippen LogP contribution in [0.25, 0.3) is 10.9 Å². The second-order valence-corrected chi connectivity index (χ2v) is 7.99. The van der Waals surface area contributed by atoms with Crippen LogP contribution >= 0.6 is 0 Å². The summed E-state index contributed by atoms with van der Waals surface area (Å²) in [7, 11) is 0. The molecule has 0 saturated carbocycles. The van der Waals surface area contributed by atoms with Crippen molar-refractivity contribution in [1.29, 1.82) is 0 Å². The molecular weight excluding hydrogens is 437 g/mol. The molecule has 11 heteroatoms. The van der Waals surface area contributed by atoms with Gasteiger partial charge in [-0.2, -0.15) is 18.2 Å². The summed E-state index contributed by atoms with van der Waals surface area (Å²) in [5.41, 5.74) is -0.249. The Hall–Kier alpha value is -3.63. The van der Waals surface area contributed by atoms with Crippen LogP contribution in [0.3, 0.4) is 0 Å². The van der Waals surface area contributed by atoms with Gasteiger partial charge in [-0.05, 0) is 26.0 Å². The number of likely N-dealkylation sites (tertiary alicyclic amines) is 1. The van der Waals surface area contributed by atoms with Crippen LogP contribution in [0.4, 0.5) is 24.8 Å². The molecule has 1 fully saturated rings. The topological polar surface area (TPSA) is 85.2 Å². The lowest BCUT2D eigenvalue weighted by molar-refractivity contribution is -0.141. The number of anilines is 2. The lowest BCUT2D eigenvalue weighted by Gasteiger charge is -2.17. The van der Waals surface area contributed by atoms with E-state index in [0.717, 1.165) is 23.3 Å².